The Morgan fingerprint density at radius 2 is 1.74 bits per heavy atom. The molecule has 0 aliphatic carbocycles. The van der Waals surface area contributed by atoms with Crippen molar-refractivity contribution >= 4 is 52.7 Å². The molecule has 1 aromatic carbocycles. The van der Waals surface area contributed by atoms with Crippen molar-refractivity contribution in [2.75, 3.05) is 29.9 Å². The van der Waals surface area contributed by atoms with E-state index in [1.807, 2.05) is 12.1 Å². The Morgan fingerprint density at radius 3 is 2.35 bits per heavy atom. The van der Waals surface area contributed by atoms with Crippen LogP contribution in [0.5, 0.6) is 0 Å². The smallest absolute Gasteiger partial charge is 0.283 e. The number of aromatic nitrogens is 2. The number of aliphatic imine (C=N–C) groups is 1. The Hall–Kier alpha value is -4.13. The molecule has 0 aliphatic heterocycles. The highest BCUT2D eigenvalue weighted by atomic mass is 35.5. The fourth-order valence-electron chi connectivity index (χ4n) is 2.92. The number of halogens is 1. The van der Waals surface area contributed by atoms with Crippen LogP contribution in [0.4, 0.5) is 17.3 Å². The number of nitrogen functional groups attached to an aromatic ring is 2. The van der Waals surface area contributed by atoms with Gasteiger partial charge in [0.15, 0.2) is 34.4 Å². The molecule has 0 bridgehead atoms. The number of benzene rings is 1. The minimum atomic E-state index is -0.681. The zero-order valence-corrected chi connectivity index (χ0v) is 19.2. The van der Waals surface area contributed by atoms with Crippen molar-refractivity contribution < 1.29 is 9.59 Å². The van der Waals surface area contributed by atoms with Crippen molar-refractivity contribution in [1.82, 2.24) is 14.9 Å². The largest absolute Gasteiger partial charge is 0.382 e. The van der Waals surface area contributed by atoms with Gasteiger partial charge in [0, 0.05) is 18.7 Å². The summed E-state index contributed by atoms with van der Waals surface area (Å²) in [6, 6.07) is 7.38. The van der Waals surface area contributed by atoms with E-state index in [2.05, 4.69) is 20.3 Å². The highest BCUT2D eigenvalue weighted by Gasteiger charge is 2.23. The predicted molar refractivity (Wildman–Crippen MR) is 132 cm³/mol. The van der Waals surface area contributed by atoms with Crippen molar-refractivity contribution in [3.8, 4) is 0 Å². The third-order valence-corrected chi connectivity index (χ3v) is 4.89. The molecule has 0 spiro atoms. The van der Waals surface area contributed by atoms with Gasteiger partial charge in [-0.1, -0.05) is 23.7 Å². The van der Waals surface area contributed by atoms with Crippen LogP contribution in [0.1, 0.15) is 35.3 Å². The summed E-state index contributed by atoms with van der Waals surface area (Å²) in [6.45, 7) is 0.401. The molecule has 0 unspecified atom stereocenters. The van der Waals surface area contributed by atoms with E-state index in [1.165, 1.54) is 0 Å². The van der Waals surface area contributed by atoms with Gasteiger partial charge in [0.25, 0.3) is 5.91 Å². The van der Waals surface area contributed by atoms with Gasteiger partial charge >= 0.3 is 0 Å². The molecule has 14 heteroatoms. The van der Waals surface area contributed by atoms with Crippen molar-refractivity contribution in [1.29, 1.82) is 5.41 Å². The van der Waals surface area contributed by atoms with Gasteiger partial charge in [0.05, 0.1) is 6.54 Å². The van der Waals surface area contributed by atoms with E-state index < -0.39 is 11.9 Å². The number of hydrogen-bond acceptors (Lipinski definition) is 8. The molecule has 0 aliphatic rings. The number of hydrogen-bond donors (Lipinski definition) is 7. The average Bonchev–Trinajstić information content (AvgIpc) is 2.76. The van der Waals surface area contributed by atoms with Gasteiger partial charge in [-0.25, -0.2) is 9.97 Å². The molecule has 0 saturated carbocycles. The number of amides is 2. The summed E-state index contributed by atoms with van der Waals surface area (Å²) in [5, 5.41) is 10.3. The fourth-order valence-corrected chi connectivity index (χ4v) is 3.05. The standard InChI is InChI=1S/C20H28ClN11O2/c21-15-17(23)31-16(22)14(30-15)18(34)32(20(26)27)10-2-1-3-11-4-6-12(7-5-11)29-13(33)8-9-28-19(24)25/h4-7H,1-3,8-10H2,(H3,26,27)(H,29,33)(H4,22,23,31)(H4,24,25,28). The first-order chi connectivity index (χ1) is 16.1. The molecule has 0 fully saturated rings. The molecule has 2 rings (SSSR count). The summed E-state index contributed by atoms with van der Waals surface area (Å²) in [7, 11) is 0. The van der Waals surface area contributed by atoms with Crippen LogP contribution in [0.3, 0.4) is 0 Å². The van der Waals surface area contributed by atoms with Crippen molar-refractivity contribution in [3.05, 3.63) is 40.7 Å². The number of unbranched alkanes of at least 4 members (excludes halogenated alkanes) is 1. The normalized spacial score (nSPS) is 10.4. The Morgan fingerprint density at radius 1 is 1.06 bits per heavy atom. The van der Waals surface area contributed by atoms with Crippen LogP contribution in [0.15, 0.2) is 29.3 Å². The molecule has 1 aromatic heterocycles. The third kappa shape index (κ3) is 7.78. The lowest BCUT2D eigenvalue weighted by Crippen LogP contribution is -2.42. The van der Waals surface area contributed by atoms with E-state index >= 15 is 0 Å². The second kappa shape index (κ2) is 12.2. The van der Waals surface area contributed by atoms with Crippen molar-refractivity contribution in [2.24, 2.45) is 22.2 Å². The molecule has 0 radical (unpaired) electrons. The summed E-state index contributed by atoms with van der Waals surface area (Å²) < 4.78 is 0. The maximum Gasteiger partial charge on any atom is 0.283 e. The van der Waals surface area contributed by atoms with Crippen molar-refractivity contribution in [2.45, 2.75) is 25.7 Å². The van der Waals surface area contributed by atoms with Gasteiger partial charge < -0.3 is 34.0 Å². The number of carbonyl (C=O) groups is 2. The lowest BCUT2D eigenvalue weighted by atomic mass is 10.1. The highest BCUT2D eigenvalue weighted by Crippen LogP contribution is 2.19. The molecular weight excluding hydrogens is 462 g/mol. The van der Waals surface area contributed by atoms with E-state index in [0.29, 0.717) is 24.9 Å². The maximum absolute atomic E-state index is 12.7. The number of nitrogens with zero attached hydrogens (tertiary/aromatic N) is 4. The zero-order valence-electron chi connectivity index (χ0n) is 18.4. The van der Waals surface area contributed by atoms with Gasteiger partial charge in [-0.2, -0.15) is 0 Å². The van der Waals surface area contributed by atoms with E-state index in [-0.39, 0.29) is 53.9 Å². The fraction of sp³-hybridized carbons (Fsp3) is 0.300. The number of aryl methyl sites for hydroxylation is 1. The minimum Gasteiger partial charge on any atom is -0.382 e. The third-order valence-electron chi connectivity index (χ3n) is 4.61. The Labute approximate surface area is 201 Å². The predicted octanol–water partition coefficient (Wildman–Crippen LogP) is 0.255. The van der Waals surface area contributed by atoms with Gasteiger partial charge in [-0.3, -0.25) is 24.9 Å². The molecule has 12 N–H and O–H groups in total. The summed E-state index contributed by atoms with van der Waals surface area (Å²) in [6.07, 6.45) is 2.16. The summed E-state index contributed by atoms with van der Waals surface area (Å²) in [4.78, 5) is 37.1. The first kappa shape index (κ1) is 26.1. The van der Waals surface area contributed by atoms with Crippen LogP contribution in [0, 0.1) is 5.41 Å². The average molecular weight is 490 g/mol. The Balaban J connectivity index is 1.85. The second-order valence-corrected chi connectivity index (χ2v) is 7.59. The van der Waals surface area contributed by atoms with E-state index in [0.717, 1.165) is 10.5 Å². The van der Waals surface area contributed by atoms with Crippen LogP contribution in [-0.2, 0) is 11.2 Å². The SMILES string of the molecule is N=C(N)N(CCCCc1ccc(NC(=O)CCN=C(N)N)cc1)C(=O)c1nc(Cl)c(N)nc1N. The zero-order chi connectivity index (χ0) is 25.3. The first-order valence-corrected chi connectivity index (χ1v) is 10.6. The summed E-state index contributed by atoms with van der Waals surface area (Å²) in [5.74, 6) is -1.67. The summed E-state index contributed by atoms with van der Waals surface area (Å²) >= 11 is 5.83. The molecule has 0 saturated heterocycles. The Bertz CT molecular complexity index is 1070. The second-order valence-electron chi connectivity index (χ2n) is 7.23. The molecular formula is C20H28ClN11O2. The van der Waals surface area contributed by atoms with Crippen molar-refractivity contribution in [3.63, 3.8) is 0 Å². The lowest BCUT2D eigenvalue weighted by molar-refractivity contribution is -0.116. The topological polar surface area (TPSA) is 242 Å². The number of rotatable bonds is 10. The quantitative estimate of drug-likeness (QED) is 0.137. The number of carbonyl (C=O) groups excluding carboxylic acids is 2. The first-order valence-electron chi connectivity index (χ1n) is 10.3. The molecule has 2 aromatic rings. The highest BCUT2D eigenvalue weighted by molar-refractivity contribution is 6.31. The molecule has 13 nitrogen and oxygen atoms in total. The Kier molecular flexibility index (Phi) is 9.38. The number of anilines is 3. The van der Waals surface area contributed by atoms with Gasteiger partial charge in [-0.05, 0) is 37.0 Å². The maximum atomic E-state index is 12.7. The number of nitrogens with one attached hydrogen (secondary N) is 2. The van der Waals surface area contributed by atoms with E-state index in [1.54, 1.807) is 12.1 Å². The molecule has 1 heterocycles. The van der Waals surface area contributed by atoms with Gasteiger partial charge in [0.2, 0.25) is 5.91 Å². The van der Waals surface area contributed by atoms with Crippen LogP contribution in [0.25, 0.3) is 0 Å². The molecule has 34 heavy (non-hydrogen) atoms. The summed E-state index contributed by atoms with van der Waals surface area (Å²) in [5.41, 5.74) is 28.8. The molecule has 2 amide bonds. The molecule has 182 valence electrons. The van der Waals surface area contributed by atoms with Crippen LogP contribution in [-0.4, -0.2) is 51.7 Å². The van der Waals surface area contributed by atoms with Gasteiger partial charge in [-0.15, -0.1) is 0 Å². The van der Waals surface area contributed by atoms with Crippen LogP contribution in [0.2, 0.25) is 5.15 Å². The molecule has 0 atom stereocenters. The monoisotopic (exact) mass is 489 g/mol. The lowest BCUT2D eigenvalue weighted by Gasteiger charge is -2.20. The van der Waals surface area contributed by atoms with Gasteiger partial charge in [0.1, 0.15) is 0 Å². The van der Waals surface area contributed by atoms with E-state index in [4.69, 9.17) is 45.7 Å². The minimum absolute atomic E-state index is 0.0552. The van der Waals surface area contributed by atoms with E-state index in [9.17, 15) is 9.59 Å². The van der Waals surface area contributed by atoms with Crippen LogP contribution < -0.4 is 34.0 Å². The number of nitrogens with two attached hydrogens (primary N) is 5. The number of guanidine groups is 2. The van der Waals surface area contributed by atoms with Crippen LogP contribution >= 0.6 is 11.6 Å².